The fourth-order valence-electron chi connectivity index (χ4n) is 2.30. The maximum atomic E-state index is 11.1. The fourth-order valence-corrected chi connectivity index (χ4v) is 2.30. The van der Waals surface area contributed by atoms with Gasteiger partial charge in [0.15, 0.2) is 0 Å². The minimum Gasteiger partial charge on any atom is -0.303 e. The SMILES string of the molecule is CCCCC/C=C\C/C=C\C/C(=C\C/C=C(\CCCC=O)[N+](=O)[O-])[N+](=O)[O-]. The lowest BCUT2D eigenvalue weighted by atomic mass is 10.1. The summed E-state index contributed by atoms with van der Waals surface area (Å²) < 4.78 is 0. The van der Waals surface area contributed by atoms with Crippen LogP contribution >= 0.6 is 0 Å². The lowest BCUT2D eigenvalue weighted by molar-refractivity contribution is -0.428. The normalized spacial score (nSPS) is 12.8. The van der Waals surface area contributed by atoms with Gasteiger partial charge in [-0.1, -0.05) is 44.1 Å². The smallest absolute Gasteiger partial charge is 0.246 e. The van der Waals surface area contributed by atoms with Crippen LogP contribution in [0, 0.1) is 20.2 Å². The van der Waals surface area contributed by atoms with Gasteiger partial charge in [-0.2, -0.15) is 0 Å². The number of unbranched alkanes of at least 4 members (excludes halogenated alkanes) is 4. The Balaban J connectivity index is 4.49. The Kier molecular flexibility index (Phi) is 15.3. The fraction of sp³-hybridized carbons (Fsp3) is 0.550. The number of carbonyl (C=O) groups excluding carboxylic acids is 1. The Morgan fingerprint density at radius 1 is 0.815 bits per heavy atom. The summed E-state index contributed by atoms with van der Waals surface area (Å²) in [6, 6.07) is 0. The van der Waals surface area contributed by atoms with Crippen molar-refractivity contribution < 1.29 is 14.6 Å². The number of allylic oxidation sites excluding steroid dienone is 7. The van der Waals surface area contributed by atoms with Crippen LogP contribution in [0.15, 0.2) is 47.9 Å². The monoisotopic (exact) mass is 378 g/mol. The Morgan fingerprint density at radius 2 is 1.48 bits per heavy atom. The van der Waals surface area contributed by atoms with Gasteiger partial charge in [0.2, 0.25) is 11.4 Å². The number of nitro groups is 2. The van der Waals surface area contributed by atoms with Crippen LogP contribution in [0.1, 0.15) is 71.1 Å². The molecular weight excluding hydrogens is 348 g/mol. The molecule has 0 aromatic carbocycles. The molecule has 150 valence electrons. The molecule has 0 radical (unpaired) electrons. The van der Waals surface area contributed by atoms with Gasteiger partial charge in [0.25, 0.3) is 0 Å². The first-order valence-electron chi connectivity index (χ1n) is 9.43. The van der Waals surface area contributed by atoms with E-state index >= 15 is 0 Å². The van der Waals surface area contributed by atoms with Crippen molar-refractivity contribution in [2.24, 2.45) is 0 Å². The summed E-state index contributed by atoms with van der Waals surface area (Å²) in [6.07, 6.45) is 17.8. The Hall–Kier alpha value is -2.57. The molecule has 0 aliphatic rings. The summed E-state index contributed by atoms with van der Waals surface area (Å²) in [5.74, 6) is 0. The highest BCUT2D eigenvalue weighted by Gasteiger charge is 2.11. The summed E-state index contributed by atoms with van der Waals surface area (Å²) in [6.45, 7) is 2.16. The maximum Gasteiger partial charge on any atom is 0.246 e. The Bertz CT molecular complexity index is 577. The molecule has 27 heavy (non-hydrogen) atoms. The second-order valence-electron chi connectivity index (χ2n) is 6.08. The van der Waals surface area contributed by atoms with Gasteiger partial charge in [-0.15, -0.1) is 0 Å². The van der Waals surface area contributed by atoms with E-state index in [9.17, 15) is 25.0 Å². The largest absolute Gasteiger partial charge is 0.303 e. The highest BCUT2D eigenvalue weighted by molar-refractivity contribution is 5.49. The van der Waals surface area contributed by atoms with E-state index in [0.717, 1.165) is 19.1 Å². The third-order valence-electron chi connectivity index (χ3n) is 3.84. The number of nitrogens with zero attached hydrogens (tertiary/aromatic N) is 2. The molecule has 0 aromatic heterocycles. The van der Waals surface area contributed by atoms with Crippen molar-refractivity contribution >= 4 is 6.29 Å². The van der Waals surface area contributed by atoms with Crippen LogP contribution in [-0.4, -0.2) is 16.1 Å². The van der Waals surface area contributed by atoms with Crippen LogP contribution in [-0.2, 0) is 4.79 Å². The molecule has 0 aliphatic carbocycles. The van der Waals surface area contributed by atoms with Crippen molar-refractivity contribution in [2.75, 3.05) is 0 Å². The molecule has 0 rings (SSSR count). The van der Waals surface area contributed by atoms with E-state index in [2.05, 4.69) is 13.0 Å². The highest BCUT2D eigenvalue weighted by Crippen LogP contribution is 2.11. The topological polar surface area (TPSA) is 103 Å². The lowest BCUT2D eigenvalue weighted by Crippen LogP contribution is -2.00. The van der Waals surface area contributed by atoms with Crippen molar-refractivity contribution in [3.05, 3.63) is 68.1 Å². The number of hydrogen-bond donors (Lipinski definition) is 0. The zero-order chi connectivity index (χ0) is 20.3. The predicted molar refractivity (Wildman–Crippen MR) is 106 cm³/mol. The van der Waals surface area contributed by atoms with Gasteiger partial charge in [-0.25, -0.2) is 0 Å². The molecule has 0 saturated carbocycles. The van der Waals surface area contributed by atoms with Crippen LogP contribution in [0.5, 0.6) is 0 Å². The van der Waals surface area contributed by atoms with E-state index in [0.29, 0.717) is 6.42 Å². The molecule has 0 fully saturated rings. The van der Waals surface area contributed by atoms with Crippen LogP contribution in [0.3, 0.4) is 0 Å². The second kappa shape index (κ2) is 16.9. The van der Waals surface area contributed by atoms with Crippen LogP contribution in [0.4, 0.5) is 0 Å². The van der Waals surface area contributed by atoms with E-state index in [-0.39, 0.29) is 37.1 Å². The van der Waals surface area contributed by atoms with Gasteiger partial charge in [0, 0.05) is 12.8 Å². The van der Waals surface area contributed by atoms with E-state index in [1.807, 2.05) is 12.2 Å². The van der Waals surface area contributed by atoms with E-state index in [1.165, 1.54) is 31.4 Å². The summed E-state index contributed by atoms with van der Waals surface area (Å²) in [4.78, 5) is 31.3. The maximum absolute atomic E-state index is 11.1. The van der Waals surface area contributed by atoms with Gasteiger partial charge >= 0.3 is 0 Å². The summed E-state index contributed by atoms with van der Waals surface area (Å²) in [5.41, 5.74) is 0.00423. The van der Waals surface area contributed by atoms with Crippen molar-refractivity contribution in [1.29, 1.82) is 0 Å². The van der Waals surface area contributed by atoms with Gasteiger partial charge < -0.3 is 4.79 Å². The molecule has 0 saturated heterocycles. The molecule has 0 spiro atoms. The van der Waals surface area contributed by atoms with Crippen molar-refractivity contribution in [2.45, 2.75) is 71.1 Å². The minimum absolute atomic E-state index is 0.0143. The molecule has 0 unspecified atom stereocenters. The summed E-state index contributed by atoms with van der Waals surface area (Å²) in [7, 11) is 0. The first-order valence-corrected chi connectivity index (χ1v) is 9.43. The average molecular weight is 378 g/mol. The predicted octanol–water partition coefficient (Wildman–Crippen LogP) is 5.54. The lowest BCUT2D eigenvalue weighted by Gasteiger charge is -1.97. The number of aldehydes is 1. The first-order chi connectivity index (χ1) is 13.0. The first kappa shape index (κ1) is 24.4. The van der Waals surface area contributed by atoms with E-state index in [4.69, 9.17) is 0 Å². The molecule has 0 amide bonds. The van der Waals surface area contributed by atoms with Gasteiger partial charge in [-0.05, 0) is 44.3 Å². The summed E-state index contributed by atoms with van der Waals surface area (Å²) >= 11 is 0. The molecule has 0 aromatic rings. The molecule has 0 N–H and O–H groups in total. The van der Waals surface area contributed by atoms with Crippen LogP contribution in [0.2, 0.25) is 0 Å². The van der Waals surface area contributed by atoms with E-state index < -0.39 is 9.85 Å². The zero-order valence-electron chi connectivity index (χ0n) is 16.0. The molecule has 0 atom stereocenters. The van der Waals surface area contributed by atoms with Crippen molar-refractivity contribution in [3.8, 4) is 0 Å². The highest BCUT2D eigenvalue weighted by atomic mass is 16.6. The quantitative estimate of drug-likeness (QED) is 0.115. The zero-order valence-corrected chi connectivity index (χ0v) is 16.0. The molecule has 7 heteroatoms. The second-order valence-corrected chi connectivity index (χ2v) is 6.08. The van der Waals surface area contributed by atoms with E-state index in [1.54, 1.807) is 6.08 Å². The minimum atomic E-state index is -0.503. The molecular formula is C20H30N2O5. The van der Waals surface area contributed by atoms with Gasteiger partial charge in [-0.3, -0.25) is 20.2 Å². The number of carbonyl (C=O) groups is 1. The third-order valence-corrected chi connectivity index (χ3v) is 3.84. The molecule has 0 aliphatic heterocycles. The standard InChI is InChI=1S/C20H30N2O5/c1-2-3-4-5-6-7-8-9-10-14-19(21(24)25)16-13-17-20(22(26)27)15-11-12-18-23/h6-7,9-10,16-18H,2-5,8,11-15H2,1H3/b7-6-,10-9-,19-16+,20-17+. The van der Waals surface area contributed by atoms with Crippen molar-refractivity contribution in [3.63, 3.8) is 0 Å². The third kappa shape index (κ3) is 14.3. The summed E-state index contributed by atoms with van der Waals surface area (Å²) in [5, 5.41) is 22.0. The van der Waals surface area contributed by atoms with Crippen molar-refractivity contribution in [1.82, 2.24) is 0 Å². The number of hydrogen-bond acceptors (Lipinski definition) is 5. The van der Waals surface area contributed by atoms with Gasteiger partial charge in [0.1, 0.15) is 6.29 Å². The molecule has 0 bridgehead atoms. The van der Waals surface area contributed by atoms with Crippen LogP contribution in [0.25, 0.3) is 0 Å². The number of rotatable bonds is 16. The Labute approximate surface area is 160 Å². The van der Waals surface area contributed by atoms with Crippen LogP contribution < -0.4 is 0 Å². The molecule has 7 nitrogen and oxygen atoms in total. The average Bonchev–Trinajstić information content (AvgIpc) is 2.63. The Morgan fingerprint density at radius 3 is 2.11 bits per heavy atom. The van der Waals surface area contributed by atoms with Gasteiger partial charge in [0.05, 0.1) is 16.3 Å². The molecule has 0 heterocycles.